The van der Waals surface area contributed by atoms with Gasteiger partial charge in [0.15, 0.2) is 0 Å². The van der Waals surface area contributed by atoms with Crippen molar-refractivity contribution in [2.45, 2.75) is 20.4 Å². The molecule has 0 aliphatic carbocycles. The molecule has 0 saturated heterocycles. The Kier molecular flexibility index (Phi) is 4.15. The van der Waals surface area contributed by atoms with E-state index in [1.807, 2.05) is 32.2 Å². The van der Waals surface area contributed by atoms with Crippen molar-refractivity contribution in [2.24, 2.45) is 5.41 Å². The number of hydrogen-bond acceptors (Lipinski definition) is 1. The molecule has 1 N–H and O–H groups in total. The second kappa shape index (κ2) is 5.66. The molecule has 2 aromatic rings. The van der Waals surface area contributed by atoms with Crippen molar-refractivity contribution in [1.82, 2.24) is 9.88 Å². The molecule has 0 saturated carbocycles. The molecule has 1 aromatic heterocycles. The number of carbonyl (C=O) groups is 1. The van der Waals surface area contributed by atoms with Crippen LogP contribution in [-0.2, 0) is 11.3 Å². The molecule has 2 rings (SSSR count). The minimum atomic E-state index is -0.514. The summed E-state index contributed by atoms with van der Waals surface area (Å²) in [6.07, 6.45) is 2.05. The summed E-state index contributed by atoms with van der Waals surface area (Å²) in [6.45, 7) is 5.07. The Morgan fingerprint density at radius 3 is 2.79 bits per heavy atom. The SMILES string of the molecule is CC(C)(CCl)C(=O)NCCn1ccc2ccccc21. The summed E-state index contributed by atoms with van der Waals surface area (Å²) < 4.78 is 2.14. The quantitative estimate of drug-likeness (QED) is 0.838. The number of benzene rings is 1. The van der Waals surface area contributed by atoms with Crippen LogP contribution < -0.4 is 5.32 Å². The summed E-state index contributed by atoms with van der Waals surface area (Å²) in [7, 11) is 0. The van der Waals surface area contributed by atoms with Crippen LogP contribution in [0, 0.1) is 5.41 Å². The van der Waals surface area contributed by atoms with Gasteiger partial charge in [-0.15, -0.1) is 11.6 Å². The van der Waals surface area contributed by atoms with Crippen molar-refractivity contribution in [1.29, 1.82) is 0 Å². The van der Waals surface area contributed by atoms with Crippen molar-refractivity contribution in [3.8, 4) is 0 Å². The van der Waals surface area contributed by atoms with Gasteiger partial charge in [0.2, 0.25) is 5.91 Å². The molecule has 4 heteroatoms. The summed E-state index contributed by atoms with van der Waals surface area (Å²) >= 11 is 5.78. The lowest BCUT2D eigenvalue weighted by Crippen LogP contribution is -2.39. The highest BCUT2D eigenvalue weighted by Crippen LogP contribution is 2.17. The number of nitrogens with zero attached hydrogens (tertiary/aromatic N) is 1. The van der Waals surface area contributed by atoms with Crippen LogP contribution in [0.1, 0.15) is 13.8 Å². The predicted octanol–water partition coefficient (Wildman–Crippen LogP) is 3.02. The fourth-order valence-electron chi connectivity index (χ4n) is 1.93. The number of amides is 1. The highest BCUT2D eigenvalue weighted by atomic mass is 35.5. The molecule has 0 aliphatic rings. The first-order valence-corrected chi connectivity index (χ1v) is 6.96. The highest BCUT2D eigenvalue weighted by Gasteiger charge is 2.25. The molecule has 0 radical (unpaired) electrons. The maximum Gasteiger partial charge on any atom is 0.226 e. The van der Waals surface area contributed by atoms with Gasteiger partial charge in [0.1, 0.15) is 0 Å². The van der Waals surface area contributed by atoms with E-state index in [2.05, 4.69) is 28.1 Å². The van der Waals surface area contributed by atoms with E-state index < -0.39 is 5.41 Å². The van der Waals surface area contributed by atoms with E-state index >= 15 is 0 Å². The molecule has 3 nitrogen and oxygen atoms in total. The summed E-state index contributed by atoms with van der Waals surface area (Å²) in [4.78, 5) is 11.9. The Hall–Kier alpha value is -1.48. The molecule has 1 heterocycles. The van der Waals surface area contributed by atoms with E-state index in [0.717, 1.165) is 6.54 Å². The molecule has 0 atom stereocenters. The van der Waals surface area contributed by atoms with E-state index in [0.29, 0.717) is 12.4 Å². The number of rotatable bonds is 5. The van der Waals surface area contributed by atoms with Gasteiger partial charge in [-0.1, -0.05) is 18.2 Å². The first kappa shape index (κ1) is 13.9. The second-order valence-corrected chi connectivity index (χ2v) is 5.61. The molecule has 1 aromatic carbocycles. The largest absolute Gasteiger partial charge is 0.354 e. The lowest BCUT2D eigenvalue weighted by Gasteiger charge is -2.20. The topological polar surface area (TPSA) is 34.0 Å². The van der Waals surface area contributed by atoms with Crippen molar-refractivity contribution >= 4 is 28.4 Å². The Morgan fingerprint density at radius 1 is 1.32 bits per heavy atom. The van der Waals surface area contributed by atoms with Gasteiger partial charge >= 0.3 is 0 Å². The summed E-state index contributed by atoms with van der Waals surface area (Å²) in [5, 5.41) is 4.15. The van der Waals surface area contributed by atoms with E-state index in [-0.39, 0.29) is 5.91 Å². The van der Waals surface area contributed by atoms with Crippen LogP contribution in [0.4, 0.5) is 0 Å². The van der Waals surface area contributed by atoms with Crippen LogP contribution in [-0.4, -0.2) is 22.9 Å². The van der Waals surface area contributed by atoms with Crippen LogP contribution in [0.2, 0.25) is 0 Å². The van der Waals surface area contributed by atoms with Crippen LogP contribution in [0.3, 0.4) is 0 Å². The third-order valence-corrected chi connectivity index (χ3v) is 3.94. The van der Waals surface area contributed by atoms with Crippen LogP contribution in [0.5, 0.6) is 0 Å². The molecule has 0 unspecified atom stereocenters. The molecule has 19 heavy (non-hydrogen) atoms. The highest BCUT2D eigenvalue weighted by molar-refractivity contribution is 6.19. The third kappa shape index (κ3) is 3.10. The third-order valence-electron chi connectivity index (χ3n) is 3.27. The summed E-state index contributed by atoms with van der Waals surface area (Å²) in [6, 6.07) is 10.3. The zero-order valence-electron chi connectivity index (χ0n) is 11.3. The monoisotopic (exact) mass is 278 g/mol. The van der Waals surface area contributed by atoms with Gasteiger partial charge in [0, 0.05) is 30.7 Å². The number of nitrogens with one attached hydrogen (secondary N) is 1. The lowest BCUT2D eigenvalue weighted by molar-refractivity contribution is -0.128. The van der Waals surface area contributed by atoms with Gasteiger partial charge in [0.05, 0.1) is 5.41 Å². The Labute approximate surface area is 118 Å². The molecule has 0 spiro atoms. The van der Waals surface area contributed by atoms with Gasteiger partial charge in [-0.2, -0.15) is 0 Å². The Balaban J connectivity index is 1.95. The van der Waals surface area contributed by atoms with Crippen molar-refractivity contribution < 1.29 is 4.79 Å². The van der Waals surface area contributed by atoms with Crippen molar-refractivity contribution in [2.75, 3.05) is 12.4 Å². The summed E-state index contributed by atoms with van der Waals surface area (Å²) in [5.74, 6) is 0.324. The summed E-state index contributed by atoms with van der Waals surface area (Å²) in [5.41, 5.74) is 0.675. The lowest BCUT2D eigenvalue weighted by atomic mass is 9.95. The van der Waals surface area contributed by atoms with Crippen molar-refractivity contribution in [3.63, 3.8) is 0 Å². The molecule has 0 aliphatic heterocycles. The first-order chi connectivity index (χ1) is 9.04. The van der Waals surface area contributed by atoms with Gasteiger partial charge < -0.3 is 9.88 Å². The van der Waals surface area contributed by atoms with Crippen molar-refractivity contribution in [3.05, 3.63) is 36.5 Å². The number of fused-ring (bicyclic) bond motifs is 1. The zero-order valence-corrected chi connectivity index (χ0v) is 12.1. The van der Waals surface area contributed by atoms with Gasteiger partial charge in [-0.05, 0) is 31.4 Å². The molecule has 0 fully saturated rings. The van der Waals surface area contributed by atoms with E-state index in [1.54, 1.807) is 0 Å². The normalized spacial score (nSPS) is 11.7. The number of hydrogen-bond donors (Lipinski definition) is 1. The fraction of sp³-hybridized carbons (Fsp3) is 0.400. The van der Waals surface area contributed by atoms with E-state index in [4.69, 9.17) is 11.6 Å². The van der Waals surface area contributed by atoms with Gasteiger partial charge in [-0.25, -0.2) is 0 Å². The minimum Gasteiger partial charge on any atom is -0.354 e. The standard InChI is InChI=1S/C15H19ClN2O/c1-15(2,11-16)14(19)17-8-10-18-9-7-12-5-3-4-6-13(12)18/h3-7,9H,8,10-11H2,1-2H3,(H,17,19). The Bertz CT molecular complexity index is 574. The molecule has 1 amide bonds. The van der Waals surface area contributed by atoms with E-state index in [1.165, 1.54) is 10.9 Å². The smallest absolute Gasteiger partial charge is 0.226 e. The zero-order chi connectivity index (χ0) is 13.9. The Morgan fingerprint density at radius 2 is 2.05 bits per heavy atom. The van der Waals surface area contributed by atoms with Gasteiger partial charge in [-0.3, -0.25) is 4.79 Å². The molecule has 0 bridgehead atoms. The maximum absolute atomic E-state index is 11.9. The predicted molar refractivity (Wildman–Crippen MR) is 79.4 cm³/mol. The number of aromatic nitrogens is 1. The number of halogens is 1. The first-order valence-electron chi connectivity index (χ1n) is 6.43. The molecule has 102 valence electrons. The molecular formula is C15H19ClN2O. The van der Waals surface area contributed by atoms with Crippen LogP contribution in [0.15, 0.2) is 36.5 Å². The minimum absolute atomic E-state index is 0.000961. The number of alkyl halides is 1. The average Bonchev–Trinajstić information content (AvgIpc) is 2.82. The molecular weight excluding hydrogens is 260 g/mol. The average molecular weight is 279 g/mol. The number of carbonyl (C=O) groups excluding carboxylic acids is 1. The van der Waals surface area contributed by atoms with Crippen LogP contribution >= 0.6 is 11.6 Å². The maximum atomic E-state index is 11.9. The fourth-order valence-corrected chi connectivity index (χ4v) is 2.05. The second-order valence-electron chi connectivity index (χ2n) is 5.34. The van der Waals surface area contributed by atoms with Gasteiger partial charge in [0.25, 0.3) is 0 Å². The van der Waals surface area contributed by atoms with E-state index in [9.17, 15) is 4.79 Å². The number of para-hydroxylation sites is 1. The van der Waals surface area contributed by atoms with Crippen LogP contribution in [0.25, 0.3) is 10.9 Å².